The van der Waals surface area contributed by atoms with E-state index in [0.29, 0.717) is 16.5 Å². The van der Waals surface area contributed by atoms with E-state index in [1.54, 1.807) is 26.2 Å². The van der Waals surface area contributed by atoms with E-state index in [-0.39, 0.29) is 6.61 Å². The summed E-state index contributed by atoms with van der Waals surface area (Å²) < 4.78 is 4.92. The second-order valence-electron chi connectivity index (χ2n) is 3.84. The van der Waals surface area contributed by atoms with Gasteiger partial charge >= 0.3 is 0 Å². The van der Waals surface area contributed by atoms with Crippen molar-refractivity contribution in [3.63, 3.8) is 0 Å². The normalized spacial score (nSPS) is 15.0. The minimum atomic E-state index is -0.910. The topological polar surface area (TPSA) is 29.5 Å². The van der Waals surface area contributed by atoms with Crippen LogP contribution in [0.4, 0.5) is 0 Å². The second kappa shape index (κ2) is 5.17. The molecule has 0 spiro atoms. The SMILES string of the molecule is COCC(C)(O)Cc1ccc(Cl)cc1Cl. The highest BCUT2D eigenvalue weighted by atomic mass is 35.5. The van der Waals surface area contributed by atoms with Crippen LogP contribution < -0.4 is 0 Å². The van der Waals surface area contributed by atoms with Gasteiger partial charge in [0, 0.05) is 23.6 Å². The Morgan fingerprint density at radius 1 is 1.40 bits per heavy atom. The average Bonchev–Trinajstić information content (AvgIpc) is 2.09. The molecule has 0 saturated carbocycles. The van der Waals surface area contributed by atoms with Crippen molar-refractivity contribution in [1.29, 1.82) is 0 Å². The van der Waals surface area contributed by atoms with Crippen LogP contribution in [0.25, 0.3) is 0 Å². The van der Waals surface area contributed by atoms with Gasteiger partial charge in [-0.3, -0.25) is 0 Å². The highest BCUT2D eigenvalue weighted by molar-refractivity contribution is 6.35. The molecule has 0 aliphatic heterocycles. The first-order valence-corrected chi connectivity index (χ1v) is 5.35. The van der Waals surface area contributed by atoms with E-state index in [9.17, 15) is 5.11 Å². The Hall–Kier alpha value is -0.280. The number of ether oxygens (including phenoxy) is 1. The monoisotopic (exact) mass is 248 g/mol. The number of benzene rings is 1. The maximum atomic E-state index is 9.95. The smallest absolute Gasteiger partial charge is 0.0892 e. The molecule has 4 heteroatoms. The van der Waals surface area contributed by atoms with E-state index in [1.807, 2.05) is 6.07 Å². The zero-order valence-corrected chi connectivity index (χ0v) is 10.3. The lowest BCUT2D eigenvalue weighted by Crippen LogP contribution is -2.32. The summed E-state index contributed by atoms with van der Waals surface area (Å²) in [6.45, 7) is 1.98. The van der Waals surface area contributed by atoms with E-state index < -0.39 is 5.60 Å². The van der Waals surface area contributed by atoms with E-state index in [1.165, 1.54) is 0 Å². The molecule has 0 heterocycles. The van der Waals surface area contributed by atoms with Crippen LogP contribution in [0.2, 0.25) is 10.0 Å². The predicted molar refractivity (Wildman–Crippen MR) is 62.7 cm³/mol. The van der Waals surface area contributed by atoms with Gasteiger partial charge in [0.1, 0.15) is 0 Å². The van der Waals surface area contributed by atoms with Crippen molar-refractivity contribution in [3.8, 4) is 0 Å². The van der Waals surface area contributed by atoms with Crippen LogP contribution >= 0.6 is 23.2 Å². The number of hydrogen-bond acceptors (Lipinski definition) is 2. The van der Waals surface area contributed by atoms with Crippen LogP contribution in [0, 0.1) is 0 Å². The van der Waals surface area contributed by atoms with Crippen molar-refractivity contribution in [3.05, 3.63) is 33.8 Å². The standard InChI is InChI=1S/C11H14Cl2O2/c1-11(14,7-15-2)6-8-3-4-9(12)5-10(8)13/h3-5,14H,6-7H2,1-2H3. The highest BCUT2D eigenvalue weighted by Crippen LogP contribution is 2.24. The molecular weight excluding hydrogens is 235 g/mol. The molecule has 0 aromatic heterocycles. The lowest BCUT2D eigenvalue weighted by molar-refractivity contribution is -0.0160. The third-order valence-electron chi connectivity index (χ3n) is 2.04. The number of hydrogen-bond donors (Lipinski definition) is 1. The first-order valence-electron chi connectivity index (χ1n) is 4.60. The largest absolute Gasteiger partial charge is 0.387 e. The Bertz CT molecular complexity index is 337. The Morgan fingerprint density at radius 3 is 2.60 bits per heavy atom. The Labute approximate surface area is 99.8 Å². The minimum absolute atomic E-state index is 0.270. The summed E-state index contributed by atoms with van der Waals surface area (Å²) in [6.07, 6.45) is 0.441. The van der Waals surface area contributed by atoms with Crippen molar-refractivity contribution in [2.24, 2.45) is 0 Å². The molecule has 1 unspecified atom stereocenters. The van der Waals surface area contributed by atoms with Crippen molar-refractivity contribution in [2.45, 2.75) is 18.9 Å². The second-order valence-corrected chi connectivity index (χ2v) is 4.69. The van der Waals surface area contributed by atoms with E-state index in [4.69, 9.17) is 27.9 Å². The van der Waals surface area contributed by atoms with Gasteiger partial charge in [-0.1, -0.05) is 29.3 Å². The first-order chi connectivity index (χ1) is 6.94. The maximum Gasteiger partial charge on any atom is 0.0892 e. The van der Waals surface area contributed by atoms with Crippen LogP contribution in [-0.2, 0) is 11.2 Å². The van der Waals surface area contributed by atoms with Crippen LogP contribution in [0.3, 0.4) is 0 Å². The van der Waals surface area contributed by atoms with Gasteiger partial charge in [-0.2, -0.15) is 0 Å². The van der Waals surface area contributed by atoms with Crippen molar-refractivity contribution in [1.82, 2.24) is 0 Å². The molecular formula is C11H14Cl2O2. The highest BCUT2D eigenvalue weighted by Gasteiger charge is 2.21. The van der Waals surface area contributed by atoms with Crippen molar-refractivity contribution in [2.75, 3.05) is 13.7 Å². The maximum absolute atomic E-state index is 9.95. The number of rotatable bonds is 4. The summed E-state index contributed by atoms with van der Waals surface area (Å²) in [5.41, 5.74) is -0.0465. The van der Waals surface area contributed by atoms with Gasteiger partial charge in [-0.15, -0.1) is 0 Å². The van der Waals surface area contributed by atoms with Crippen LogP contribution in [-0.4, -0.2) is 24.4 Å². The molecule has 1 rings (SSSR count). The molecule has 1 atom stereocenters. The average molecular weight is 249 g/mol. The predicted octanol–water partition coefficient (Wildman–Crippen LogP) is 2.93. The minimum Gasteiger partial charge on any atom is -0.387 e. The molecule has 0 radical (unpaired) electrons. The Balaban J connectivity index is 2.80. The fourth-order valence-electron chi connectivity index (χ4n) is 1.44. The fraction of sp³-hybridized carbons (Fsp3) is 0.455. The van der Waals surface area contributed by atoms with Gasteiger partial charge in [0.05, 0.1) is 12.2 Å². The summed E-state index contributed by atoms with van der Waals surface area (Å²) in [4.78, 5) is 0. The molecule has 1 aromatic carbocycles. The zero-order chi connectivity index (χ0) is 11.5. The molecule has 0 aliphatic carbocycles. The number of aliphatic hydroxyl groups is 1. The number of methoxy groups -OCH3 is 1. The van der Waals surface area contributed by atoms with Gasteiger partial charge in [-0.25, -0.2) is 0 Å². The van der Waals surface area contributed by atoms with Gasteiger partial charge in [0.25, 0.3) is 0 Å². The van der Waals surface area contributed by atoms with Crippen LogP contribution in [0.5, 0.6) is 0 Å². The molecule has 15 heavy (non-hydrogen) atoms. The molecule has 0 bridgehead atoms. The van der Waals surface area contributed by atoms with E-state index in [0.717, 1.165) is 5.56 Å². The van der Waals surface area contributed by atoms with Crippen molar-refractivity contribution < 1.29 is 9.84 Å². The van der Waals surface area contributed by atoms with Gasteiger partial charge in [-0.05, 0) is 24.6 Å². The van der Waals surface area contributed by atoms with E-state index in [2.05, 4.69) is 0 Å². The molecule has 84 valence electrons. The van der Waals surface area contributed by atoms with Crippen molar-refractivity contribution >= 4 is 23.2 Å². The molecule has 0 amide bonds. The summed E-state index contributed by atoms with van der Waals surface area (Å²) in [6, 6.07) is 5.24. The Morgan fingerprint density at radius 2 is 2.07 bits per heavy atom. The Kier molecular flexibility index (Phi) is 4.41. The van der Waals surface area contributed by atoms with Crippen LogP contribution in [0.15, 0.2) is 18.2 Å². The third kappa shape index (κ3) is 3.99. The molecule has 2 nitrogen and oxygen atoms in total. The van der Waals surface area contributed by atoms with Crippen LogP contribution in [0.1, 0.15) is 12.5 Å². The van der Waals surface area contributed by atoms with Gasteiger partial charge < -0.3 is 9.84 Å². The lowest BCUT2D eigenvalue weighted by Gasteiger charge is -2.22. The molecule has 0 saturated heterocycles. The summed E-state index contributed by atoms with van der Waals surface area (Å²) in [7, 11) is 1.55. The van der Waals surface area contributed by atoms with E-state index >= 15 is 0 Å². The fourth-order valence-corrected chi connectivity index (χ4v) is 1.91. The summed E-state index contributed by atoms with van der Waals surface area (Å²) >= 11 is 11.8. The summed E-state index contributed by atoms with van der Waals surface area (Å²) in [5.74, 6) is 0. The lowest BCUT2D eigenvalue weighted by atomic mass is 9.97. The molecule has 0 fully saturated rings. The number of halogens is 2. The quantitative estimate of drug-likeness (QED) is 0.888. The zero-order valence-electron chi connectivity index (χ0n) is 8.76. The molecule has 0 aliphatic rings. The van der Waals surface area contributed by atoms with Gasteiger partial charge in [0.15, 0.2) is 0 Å². The third-order valence-corrected chi connectivity index (χ3v) is 2.63. The summed E-state index contributed by atoms with van der Waals surface area (Å²) in [5, 5.41) is 11.1. The van der Waals surface area contributed by atoms with Gasteiger partial charge in [0.2, 0.25) is 0 Å². The molecule has 1 aromatic rings. The molecule has 1 N–H and O–H groups in total. The first kappa shape index (κ1) is 12.8.